The number of sulfonamides is 1. The summed E-state index contributed by atoms with van der Waals surface area (Å²) >= 11 is 0. The SMILES string of the molecule is COc1cc(C)c(S(=O)(=O)NC2CCCNC2C)cc1OC.Cl. The first-order valence-corrected chi connectivity index (χ1v) is 8.85. The van der Waals surface area contributed by atoms with Crippen molar-refractivity contribution in [3.63, 3.8) is 0 Å². The van der Waals surface area contributed by atoms with Crippen molar-refractivity contribution in [1.82, 2.24) is 10.0 Å². The predicted octanol–water partition coefficient (Wildman–Crippen LogP) is 1.85. The number of aryl methyl sites for hydroxylation is 1. The summed E-state index contributed by atoms with van der Waals surface area (Å²) in [5.41, 5.74) is 0.626. The fourth-order valence-corrected chi connectivity index (χ4v) is 4.31. The number of methoxy groups -OCH3 is 2. The fourth-order valence-electron chi connectivity index (χ4n) is 2.72. The minimum absolute atomic E-state index is 0. The second-order valence-electron chi connectivity index (χ2n) is 5.59. The minimum Gasteiger partial charge on any atom is -0.493 e. The van der Waals surface area contributed by atoms with Crippen LogP contribution < -0.4 is 19.5 Å². The van der Waals surface area contributed by atoms with Gasteiger partial charge in [-0.05, 0) is 44.9 Å². The van der Waals surface area contributed by atoms with Gasteiger partial charge in [0.15, 0.2) is 11.5 Å². The molecule has 2 N–H and O–H groups in total. The zero-order chi connectivity index (χ0) is 16.3. The number of nitrogens with one attached hydrogen (secondary N) is 2. The van der Waals surface area contributed by atoms with E-state index < -0.39 is 10.0 Å². The van der Waals surface area contributed by atoms with Gasteiger partial charge in [-0.15, -0.1) is 12.4 Å². The van der Waals surface area contributed by atoms with E-state index >= 15 is 0 Å². The Morgan fingerprint density at radius 1 is 1.22 bits per heavy atom. The Bertz CT molecular complexity index is 637. The summed E-state index contributed by atoms with van der Waals surface area (Å²) in [7, 11) is -0.590. The van der Waals surface area contributed by atoms with Gasteiger partial charge in [0, 0.05) is 18.2 Å². The molecule has 23 heavy (non-hydrogen) atoms. The molecule has 0 bridgehead atoms. The standard InChI is InChI=1S/C15H24N2O4S.ClH/c1-10-8-13(20-3)14(21-4)9-15(10)22(18,19)17-12-6-5-7-16-11(12)2;/h8-9,11-12,16-17H,5-7H2,1-4H3;1H. The molecule has 1 fully saturated rings. The summed E-state index contributed by atoms with van der Waals surface area (Å²) in [6.45, 7) is 4.67. The van der Waals surface area contributed by atoms with E-state index in [0.29, 0.717) is 17.1 Å². The molecule has 1 aromatic rings. The molecule has 2 unspecified atom stereocenters. The van der Waals surface area contributed by atoms with Gasteiger partial charge < -0.3 is 14.8 Å². The van der Waals surface area contributed by atoms with Crippen molar-refractivity contribution in [1.29, 1.82) is 0 Å². The van der Waals surface area contributed by atoms with E-state index in [-0.39, 0.29) is 29.4 Å². The summed E-state index contributed by atoms with van der Waals surface area (Å²) in [4.78, 5) is 0.225. The molecule has 6 nitrogen and oxygen atoms in total. The molecule has 1 saturated heterocycles. The summed E-state index contributed by atoms with van der Waals surface area (Å²) in [6.07, 6.45) is 1.79. The fraction of sp³-hybridized carbons (Fsp3) is 0.600. The second-order valence-corrected chi connectivity index (χ2v) is 7.27. The number of rotatable bonds is 5. The average molecular weight is 365 g/mol. The van der Waals surface area contributed by atoms with E-state index in [2.05, 4.69) is 10.0 Å². The van der Waals surface area contributed by atoms with Gasteiger partial charge in [0.25, 0.3) is 0 Å². The Morgan fingerprint density at radius 2 is 1.83 bits per heavy atom. The van der Waals surface area contributed by atoms with Crippen molar-refractivity contribution in [2.24, 2.45) is 0 Å². The first-order valence-electron chi connectivity index (χ1n) is 7.37. The predicted molar refractivity (Wildman–Crippen MR) is 92.3 cm³/mol. The van der Waals surface area contributed by atoms with Gasteiger partial charge in [0.1, 0.15) is 0 Å². The molecule has 0 saturated carbocycles. The van der Waals surface area contributed by atoms with E-state index in [1.54, 1.807) is 13.0 Å². The lowest BCUT2D eigenvalue weighted by Gasteiger charge is -2.30. The molecule has 1 aliphatic rings. The Morgan fingerprint density at radius 3 is 2.39 bits per heavy atom. The highest BCUT2D eigenvalue weighted by molar-refractivity contribution is 7.89. The summed E-state index contributed by atoms with van der Waals surface area (Å²) < 4.78 is 38.6. The maximum atomic E-state index is 12.7. The van der Waals surface area contributed by atoms with Crippen LogP contribution >= 0.6 is 12.4 Å². The molecule has 2 atom stereocenters. The van der Waals surface area contributed by atoms with Crippen molar-refractivity contribution in [3.05, 3.63) is 17.7 Å². The molecule has 2 rings (SSSR count). The molecule has 1 aliphatic heterocycles. The van der Waals surface area contributed by atoms with Gasteiger partial charge in [0.05, 0.1) is 19.1 Å². The van der Waals surface area contributed by atoms with Crippen LogP contribution in [0.5, 0.6) is 11.5 Å². The van der Waals surface area contributed by atoms with E-state index in [1.165, 1.54) is 20.3 Å². The van der Waals surface area contributed by atoms with Crippen LogP contribution in [0.2, 0.25) is 0 Å². The quantitative estimate of drug-likeness (QED) is 0.833. The zero-order valence-corrected chi connectivity index (χ0v) is 15.5. The van der Waals surface area contributed by atoms with Gasteiger partial charge in [-0.3, -0.25) is 0 Å². The Hall–Kier alpha value is -1.02. The molecule has 0 radical (unpaired) electrons. The highest BCUT2D eigenvalue weighted by atomic mass is 35.5. The third-order valence-corrected chi connectivity index (χ3v) is 5.67. The Balaban J connectivity index is 0.00000264. The number of benzene rings is 1. The maximum absolute atomic E-state index is 12.7. The van der Waals surface area contributed by atoms with E-state index in [4.69, 9.17) is 9.47 Å². The van der Waals surface area contributed by atoms with E-state index in [1.807, 2.05) is 6.92 Å². The molecule has 0 amide bonds. The van der Waals surface area contributed by atoms with Crippen LogP contribution in [0.4, 0.5) is 0 Å². The van der Waals surface area contributed by atoms with Crippen LogP contribution in [0.15, 0.2) is 17.0 Å². The van der Waals surface area contributed by atoms with Gasteiger partial charge in [0.2, 0.25) is 10.0 Å². The molecule has 1 aromatic carbocycles. The van der Waals surface area contributed by atoms with Gasteiger partial charge in [-0.25, -0.2) is 13.1 Å². The topological polar surface area (TPSA) is 76.7 Å². The van der Waals surface area contributed by atoms with Crippen LogP contribution in [0.25, 0.3) is 0 Å². The first kappa shape index (κ1) is 20.0. The molecular weight excluding hydrogens is 340 g/mol. The summed E-state index contributed by atoms with van der Waals surface area (Å²) in [5.74, 6) is 0.926. The van der Waals surface area contributed by atoms with Crippen LogP contribution in [-0.2, 0) is 10.0 Å². The normalized spacial score (nSPS) is 21.4. The lowest BCUT2D eigenvalue weighted by molar-refractivity contribution is 0.347. The van der Waals surface area contributed by atoms with Crippen LogP contribution in [0, 0.1) is 6.92 Å². The number of hydrogen-bond acceptors (Lipinski definition) is 5. The first-order chi connectivity index (χ1) is 10.4. The third-order valence-electron chi connectivity index (χ3n) is 4.04. The van der Waals surface area contributed by atoms with Gasteiger partial charge in [-0.2, -0.15) is 0 Å². The molecule has 1 heterocycles. The number of piperidine rings is 1. The zero-order valence-electron chi connectivity index (χ0n) is 13.9. The average Bonchev–Trinajstić information content (AvgIpc) is 2.48. The molecule has 0 aromatic heterocycles. The highest BCUT2D eigenvalue weighted by Gasteiger charge is 2.28. The maximum Gasteiger partial charge on any atom is 0.241 e. The summed E-state index contributed by atoms with van der Waals surface area (Å²) in [5, 5.41) is 3.29. The highest BCUT2D eigenvalue weighted by Crippen LogP contribution is 2.32. The van der Waals surface area contributed by atoms with E-state index in [9.17, 15) is 8.42 Å². The smallest absolute Gasteiger partial charge is 0.241 e. The van der Waals surface area contributed by atoms with Gasteiger partial charge >= 0.3 is 0 Å². The van der Waals surface area contributed by atoms with Crippen molar-refractivity contribution >= 4 is 22.4 Å². The third kappa shape index (κ3) is 4.50. The molecular formula is C15H25ClN2O4S. The molecule has 8 heteroatoms. The number of hydrogen-bond donors (Lipinski definition) is 2. The second kappa shape index (κ2) is 8.19. The lowest BCUT2D eigenvalue weighted by atomic mass is 10.0. The van der Waals surface area contributed by atoms with E-state index in [0.717, 1.165) is 19.4 Å². The Labute approximate surface area is 144 Å². The molecule has 0 aliphatic carbocycles. The monoisotopic (exact) mass is 364 g/mol. The van der Waals surface area contributed by atoms with Crippen molar-refractivity contribution < 1.29 is 17.9 Å². The van der Waals surface area contributed by atoms with Crippen molar-refractivity contribution in [2.45, 2.75) is 43.7 Å². The molecule has 132 valence electrons. The van der Waals surface area contributed by atoms with Crippen molar-refractivity contribution in [3.8, 4) is 11.5 Å². The van der Waals surface area contributed by atoms with Crippen LogP contribution in [0.3, 0.4) is 0 Å². The minimum atomic E-state index is -3.61. The van der Waals surface area contributed by atoms with Crippen LogP contribution in [-0.4, -0.2) is 41.3 Å². The van der Waals surface area contributed by atoms with Crippen molar-refractivity contribution in [2.75, 3.05) is 20.8 Å². The number of ether oxygens (including phenoxy) is 2. The molecule has 0 spiro atoms. The number of halogens is 1. The van der Waals surface area contributed by atoms with Gasteiger partial charge in [-0.1, -0.05) is 0 Å². The van der Waals surface area contributed by atoms with Crippen LogP contribution in [0.1, 0.15) is 25.3 Å². The Kier molecular flexibility index (Phi) is 7.13. The largest absolute Gasteiger partial charge is 0.493 e. The lowest BCUT2D eigenvalue weighted by Crippen LogP contribution is -2.51. The summed E-state index contributed by atoms with van der Waals surface area (Å²) in [6, 6.07) is 3.20.